The molecule has 0 spiro atoms. The normalized spacial score (nSPS) is 10.3. The Balaban J connectivity index is 0.000000487. The molecule has 1 N–H and O–H groups in total. The lowest BCUT2D eigenvalue weighted by Gasteiger charge is -1.98. The van der Waals surface area contributed by atoms with E-state index in [0.29, 0.717) is 5.56 Å². The van der Waals surface area contributed by atoms with Crippen LogP contribution in [0.25, 0.3) is 0 Å². The van der Waals surface area contributed by atoms with Crippen molar-refractivity contribution in [3.8, 4) is 5.75 Å². The van der Waals surface area contributed by atoms with Crippen molar-refractivity contribution < 1.29 is 19.1 Å². The Hall–Kier alpha value is -0.960. The molecule has 0 heterocycles. The number of phenolic OH excluding ortho intramolecular Hbond substituents is 1. The summed E-state index contributed by atoms with van der Waals surface area (Å²) < 4.78 is 14.3. The third-order valence-electron chi connectivity index (χ3n) is 1.82. The summed E-state index contributed by atoms with van der Waals surface area (Å²) in [6.45, 7) is 4.24. The van der Waals surface area contributed by atoms with Crippen LogP contribution in [-0.2, 0) is 15.7 Å². The molecule has 1 unspecified atom stereocenters. The molecule has 4 nitrogen and oxygen atoms in total. The fourth-order valence-electron chi connectivity index (χ4n) is 0.755. The molecule has 0 aliphatic rings. The van der Waals surface area contributed by atoms with Gasteiger partial charge < -0.3 is 10.00 Å². The van der Waals surface area contributed by atoms with Crippen LogP contribution in [0.15, 0.2) is 24.3 Å². The summed E-state index contributed by atoms with van der Waals surface area (Å²) in [6.07, 6.45) is 2.64. The first-order valence-corrected chi connectivity index (χ1v) is 6.25. The van der Waals surface area contributed by atoms with Crippen LogP contribution < -0.4 is 4.89 Å². The van der Waals surface area contributed by atoms with Crippen molar-refractivity contribution in [1.82, 2.24) is 0 Å². The largest absolute Gasteiger partial charge is 0.566 e. The van der Waals surface area contributed by atoms with Gasteiger partial charge in [-0.05, 0) is 10.6 Å². The van der Waals surface area contributed by atoms with Crippen LogP contribution in [0.1, 0.15) is 32.3 Å². The maximum absolute atomic E-state index is 10.0. The smallest absolute Gasteiger partial charge is 0.488 e. The van der Waals surface area contributed by atoms with Gasteiger partial charge >= 0.3 is 8.25 Å². The zero-order valence-corrected chi connectivity index (χ0v) is 10.4. The van der Waals surface area contributed by atoms with Gasteiger partial charge in [0.2, 0.25) is 0 Å². The summed E-state index contributed by atoms with van der Waals surface area (Å²) in [7, 11) is -2.85. The highest BCUT2D eigenvalue weighted by Gasteiger charge is 2.05. The minimum atomic E-state index is -2.85. The second kappa shape index (κ2) is 9.28. The topological polar surface area (TPSA) is 69.6 Å². The molecule has 0 bridgehead atoms. The number of aromatic hydroxyl groups is 1. The Bertz CT molecular complexity index is 313. The zero-order chi connectivity index (χ0) is 12.4. The van der Waals surface area contributed by atoms with Gasteiger partial charge in [0.05, 0.1) is 0 Å². The highest BCUT2D eigenvalue weighted by molar-refractivity contribution is 7.30. The van der Waals surface area contributed by atoms with Crippen LogP contribution in [0.4, 0.5) is 0 Å². The van der Waals surface area contributed by atoms with E-state index >= 15 is 0 Å². The highest BCUT2D eigenvalue weighted by Crippen LogP contribution is 2.20. The third-order valence-corrected chi connectivity index (χ3v) is 2.16. The standard InChI is InChI=1S/C7H7O4P.C4H10/c8-7-4-2-1-3-6(7)5-11-12(9)10;1-3-4-2/h1-4,8H,5H2;3-4H2,1-2H3. The van der Waals surface area contributed by atoms with Crippen molar-refractivity contribution in [2.75, 3.05) is 0 Å². The number of benzene rings is 1. The zero-order valence-electron chi connectivity index (χ0n) is 9.55. The summed E-state index contributed by atoms with van der Waals surface area (Å²) in [5, 5.41) is 9.15. The first kappa shape index (κ1) is 15.0. The Labute approximate surface area is 96.8 Å². The number of unbranched alkanes of at least 4 members (excludes halogenated alkanes) is 1. The molecule has 0 aliphatic carbocycles. The predicted molar refractivity (Wildman–Crippen MR) is 61.1 cm³/mol. The summed E-state index contributed by atoms with van der Waals surface area (Å²) in [4.78, 5) is 10.0. The van der Waals surface area contributed by atoms with E-state index in [9.17, 15) is 9.46 Å². The Morgan fingerprint density at radius 3 is 2.31 bits per heavy atom. The minimum Gasteiger partial charge on any atom is -0.566 e. The maximum Gasteiger partial charge on any atom is 0.488 e. The molecule has 1 atom stereocenters. The maximum atomic E-state index is 10.0. The minimum absolute atomic E-state index is 0.0364. The van der Waals surface area contributed by atoms with Crippen LogP contribution in [0.2, 0.25) is 0 Å². The molecule has 16 heavy (non-hydrogen) atoms. The quantitative estimate of drug-likeness (QED) is 0.827. The van der Waals surface area contributed by atoms with E-state index < -0.39 is 8.25 Å². The van der Waals surface area contributed by atoms with Gasteiger partial charge in [-0.1, -0.05) is 44.9 Å². The first-order chi connectivity index (χ1) is 7.61. The molecule has 0 radical (unpaired) electrons. The molecule has 0 saturated heterocycles. The molecule has 90 valence electrons. The third kappa shape index (κ3) is 7.35. The van der Waals surface area contributed by atoms with Gasteiger partial charge in [0, 0.05) is 5.56 Å². The van der Waals surface area contributed by atoms with Gasteiger partial charge in [-0.2, -0.15) is 0 Å². The monoisotopic (exact) mass is 244 g/mol. The number of phenols is 1. The summed E-state index contributed by atoms with van der Waals surface area (Å²) >= 11 is 0. The lowest BCUT2D eigenvalue weighted by atomic mass is 10.2. The first-order valence-electron chi connectivity index (χ1n) is 5.16. The predicted octanol–water partition coefficient (Wildman–Crippen LogP) is 2.73. The molecule has 0 amide bonds. The van der Waals surface area contributed by atoms with Gasteiger partial charge in [-0.15, -0.1) is 4.52 Å². The molecule has 0 aliphatic heterocycles. The van der Waals surface area contributed by atoms with Crippen LogP contribution in [0.3, 0.4) is 0 Å². The number of hydrogen-bond acceptors (Lipinski definition) is 4. The van der Waals surface area contributed by atoms with E-state index in [2.05, 4.69) is 18.4 Å². The van der Waals surface area contributed by atoms with Crippen molar-refractivity contribution >= 4 is 8.25 Å². The average Bonchev–Trinajstić information content (AvgIpc) is 2.28. The molecular formula is C11H17O4P. The lowest BCUT2D eigenvalue weighted by molar-refractivity contribution is -0.186. The molecule has 0 fully saturated rings. The fraction of sp³-hybridized carbons (Fsp3) is 0.455. The Morgan fingerprint density at radius 1 is 1.31 bits per heavy atom. The van der Waals surface area contributed by atoms with Crippen molar-refractivity contribution in [2.45, 2.75) is 33.3 Å². The number of hydrogen-bond donors (Lipinski definition) is 1. The van der Waals surface area contributed by atoms with E-state index in [4.69, 9.17) is 5.11 Å². The molecule has 1 rings (SSSR count). The molecule has 1 aromatic carbocycles. The van der Waals surface area contributed by atoms with Gasteiger partial charge in [0.25, 0.3) is 0 Å². The Kier molecular flexibility index (Phi) is 8.72. The van der Waals surface area contributed by atoms with Gasteiger partial charge in [-0.25, -0.2) is 0 Å². The lowest BCUT2D eigenvalue weighted by Crippen LogP contribution is -1.92. The summed E-state index contributed by atoms with van der Waals surface area (Å²) in [5.41, 5.74) is 0.455. The van der Waals surface area contributed by atoms with Crippen molar-refractivity contribution in [1.29, 1.82) is 0 Å². The van der Waals surface area contributed by atoms with Crippen LogP contribution in [0, 0.1) is 0 Å². The van der Waals surface area contributed by atoms with E-state index in [1.807, 2.05) is 0 Å². The fourth-order valence-corrected chi connectivity index (χ4v) is 1.000. The molecule has 5 heteroatoms. The van der Waals surface area contributed by atoms with Crippen molar-refractivity contribution in [2.24, 2.45) is 0 Å². The molecule has 0 aromatic heterocycles. The van der Waals surface area contributed by atoms with Crippen LogP contribution in [-0.4, -0.2) is 5.11 Å². The van der Waals surface area contributed by atoms with Crippen molar-refractivity contribution in [3.05, 3.63) is 29.8 Å². The van der Waals surface area contributed by atoms with E-state index in [0.717, 1.165) is 0 Å². The van der Waals surface area contributed by atoms with E-state index in [1.165, 1.54) is 18.9 Å². The van der Waals surface area contributed by atoms with Crippen LogP contribution >= 0.6 is 8.25 Å². The van der Waals surface area contributed by atoms with Gasteiger partial charge in [0.15, 0.2) is 0 Å². The molecular weight excluding hydrogens is 227 g/mol. The SMILES string of the molecule is CCCC.O=[P+]([O-])OCc1ccccc1O. The summed E-state index contributed by atoms with van der Waals surface area (Å²) in [5.74, 6) is 0.0364. The van der Waals surface area contributed by atoms with Gasteiger partial charge in [0.1, 0.15) is 12.4 Å². The van der Waals surface area contributed by atoms with Crippen LogP contribution in [0.5, 0.6) is 5.75 Å². The summed E-state index contributed by atoms with van der Waals surface area (Å²) in [6, 6.07) is 6.40. The van der Waals surface area contributed by atoms with E-state index in [1.54, 1.807) is 18.2 Å². The number of para-hydroxylation sites is 1. The Morgan fingerprint density at radius 2 is 1.88 bits per heavy atom. The van der Waals surface area contributed by atoms with Gasteiger partial charge in [-0.3, -0.25) is 0 Å². The average molecular weight is 244 g/mol. The second-order valence-electron chi connectivity index (χ2n) is 3.13. The number of rotatable bonds is 4. The second-order valence-corrected chi connectivity index (χ2v) is 3.83. The molecule has 0 saturated carbocycles. The molecule has 1 aromatic rings. The highest BCUT2D eigenvalue weighted by atomic mass is 31.1. The van der Waals surface area contributed by atoms with E-state index in [-0.39, 0.29) is 12.4 Å². The van der Waals surface area contributed by atoms with Crippen molar-refractivity contribution in [3.63, 3.8) is 0 Å².